The van der Waals surface area contributed by atoms with Crippen LogP contribution in [-0.2, 0) is 20.9 Å². The van der Waals surface area contributed by atoms with Crippen molar-refractivity contribution >= 4 is 23.5 Å². The molecule has 7 heteroatoms. The van der Waals surface area contributed by atoms with E-state index in [2.05, 4.69) is 22.8 Å². The van der Waals surface area contributed by atoms with Gasteiger partial charge in [0.25, 0.3) is 5.91 Å². The first-order chi connectivity index (χ1) is 17.9. The van der Waals surface area contributed by atoms with Crippen molar-refractivity contribution in [1.29, 1.82) is 0 Å². The van der Waals surface area contributed by atoms with Crippen LogP contribution in [0.1, 0.15) is 66.4 Å². The summed E-state index contributed by atoms with van der Waals surface area (Å²) in [6.07, 6.45) is 7.46. The summed E-state index contributed by atoms with van der Waals surface area (Å²) in [6, 6.07) is 15.8. The van der Waals surface area contributed by atoms with E-state index in [0.29, 0.717) is 28.8 Å². The Hall–Kier alpha value is -3.19. The summed E-state index contributed by atoms with van der Waals surface area (Å²) in [4.78, 5) is 39.1. The largest absolute Gasteiger partial charge is 0.465 e. The van der Waals surface area contributed by atoms with Crippen LogP contribution in [0.2, 0.25) is 0 Å². The van der Waals surface area contributed by atoms with Gasteiger partial charge in [0.15, 0.2) is 6.54 Å². The quantitative estimate of drug-likeness (QED) is 0.405. The van der Waals surface area contributed by atoms with Gasteiger partial charge in [0.2, 0.25) is 5.91 Å². The van der Waals surface area contributed by atoms with Gasteiger partial charge >= 0.3 is 5.97 Å². The first kappa shape index (κ1) is 26.9. The Balaban J connectivity index is 1.53. The fourth-order valence-electron chi connectivity index (χ4n) is 6.01. The van der Waals surface area contributed by atoms with E-state index >= 15 is 0 Å². The lowest BCUT2D eigenvalue weighted by Gasteiger charge is -2.44. The third-order valence-electron chi connectivity index (χ3n) is 7.90. The van der Waals surface area contributed by atoms with Crippen molar-refractivity contribution in [2.75, 3.05) is 32.1 Å². The maximum atomic E-state index is 13.5. The zero-order chi connectivity index (χ0) is 26.3. The Morgan fingerprint density at radius 2 is 1.70 bits per heavy atom. The molecule has 1 saturated heterocycles. The number of nitrogens with one attached hydrogen (secondary N) is 2. The van der Waals surface area contributed by atoms with Gasteiger partial charge in [0, 0.05) is 11.6 Å². The molecule has 1 heterocycles. The Morgan fingerprint density at radius 1 is 0.946 bits per heavy atom. The van der Waals surface area contributed by atoms with E-state index in [4.69, 9.17) is 4.74 Å². The standard InChI is InChI=1S/C30H39N3O4/c1-22-11-9-17-26(30(36)37-2)28(22)32-27(34)21-33(19-23-12-5-3-6-13-23)18-10-14-24(20-33)29(35)31-25-15-7-4-8-16-25/h3,5-6,9,11-13,17,24-25H,4,7-8,10,14-16,18-21H2,1-2H3,(H-,31,32,34,35,36)/p+1. The summed E-state index contributed by atoms with van der Waals surface area (Å²) in [5, 5.41) is 6.32. The average Bonchev–Trinajstić information content (AvgIpc) is 2.90. The molecule has 2 N–H and O–H groups in total. The maximum Gasteiger partial charge on any atom is 0.339 e. The zero-order valence-electron chi connectivity index (χ0n) is 22.1. The minimum Gasteiger partial charge on any atom is -0.465 e. The van der Waals surface area contributed by atoms with E-state index in [9.17, 15) is 14.4 Å². The summed E-state index contributed by atoms with van der Waals surface area (Å²) in [6.45, 7) is 4.23. The highest BCUT2D eigenvalue weighted by molar-refractivity contribution is 6.02. The molecule has 7 nitrogen and oxygen atoms in total. The molecular weight excluding hydrogens is 466 g/mol. The molecule has 2 atom stereocenters. The fraction of sp³-hybridized carbons (Fsp3) is 0.500. The van der Waals surface area contributed by atoms with E-state index < -0.39 is 5.97 Å². The number of ether oxygens (including phenoxy) is 1. The first-order valence-corrected chi connectivity index (χ1v) is 13.6. The predicted octanol–water partition coefficient (Wildman–Crippen LogP) is 4.60. The Morgan fingerprint density at radius 3 is 2.43 bits per heavy atom. The molecule has 2 unspecified atom stereocenters. The molecule has 2 aromatic carbocycles. The lowest BCUT2D eigenvalue weighted by Crippen LogP contribution is -2.59. The minimum atomic E-state index is -0.482. The number of rotatable bonds is 8. The topological polar surface area (TPSA) is 84.5 Å². The highest BCUT2D eigenvalue weighted by atomic mass is 16.5. The number of methoxy groups -OCH3 is 1. The molecule has 1 aliphatic heterocycles. The molecule has 0 aromatic heterocycles. The van der Waals surface area contributed by atoms with Crippen LogP contribution >= 0.6 is 0 Å². The van der Waals surface area contributed by atoms with Crippen molar-refractivity contribution in [3.63, 3.8) is 0 Å². The van der Waals surface area contributed by atoms with Gasteiger partial charge in [-0.1, -0.05) is 61.7 Å². The molecule has 1 saturated carbocycles. The van der Waals surface area contributed by atoms with Crippen LogP contribution in [0, 0.1) is 12.8 Å². The third-order valence-corrected chi connectivity index (χ3v) is 7.90. The number of esters is 1. The fourth-order valence-corrected chi connectivity index (χ4v) is 6.01. The number of amides is 2. The van der Waals surface area contributed by atoms with E-state index in [-0.39, 0.29) is 30.3 Å². The molecule has 0 bridgehead atoms. The zero-order valence-corrected chi connectivity index (χ0v) is 22.1. The number of para-hydroxylation sites is 1. The van der Waals surface area contributed by atoms with Gasteiger partial charge in [0.05, 0.1) is 37.4 Å². The number of aryl methyl sites for hydroxylation is 1. The molecule has 4 rings (SSSR count). The number of carbonyl (C=O) groups excluding carboxylic acids is 3. The minimum absolute atomic E-state index is 0.115. The van der Waals surface area contributed by atoms with Crippen molar-refractivity contribution in [3.8, 4) is 0 Å². The van der Waals surface area contributed by atoms with Gasteiger partial charge in [0.1, 0.15) is 6.54 Å². The third kappa shape index (κ3) is 6.98. The maximum absolute atomic E-state index is 13.5. The molecule has 2 amide bonds. The lowest BCUT2D eigenvalue weighted by atomic mass is 9.91. The van der Waals surface area contributed by atoms with Crippen molar-refractivity contribution in [2.24, 2.45) is 5.92 Å². The van der Waals surface area contributed by atoms with Gasteiger partial charge in [-0.15, -0.1) is 0 Å². The lowest BCUT2D eigenvalue weighted by molar-refractivity contribution is -0.940. The summed E-state index contributed by atoms with van der Waals surface area (Å²) in [5.41, 5.74) is 2.78. The normalized spacial score (nSPS) is 22.2. The summed E-state index contributed by atoms with van der Waals surface area (Å²) < 4.78 is 5.44. The molecule has 0 spiro atoms. The molecule has 2 aliphatic rings. The van der Waals surface area contributed by atoms with Gasteiger partial charge in [-0.05, 0) is 44.2 Å². The van der Waals surface area contributed by atoms with Crippen LogP contribution in [0.4, 0.5) is 5.69 Å². The molecule has 198 valence electrons. The Kier molecular flexibility index (Phi) is 8.98. The Bertz CT molecular complexity index is 1100. The number of piperidine rings is 1. The smallest absolute Gasteiger partial charge is 0.339 e. The molecule has 37 heavy (non-hydrogen) atoms. The number of carbonyl (C=O) groups is 3. The number of likely N-dealkylation sites (tertiary alicyclic amines) is 1. The van der Waals surface area contributed by atoms with Crippen molar-refractivity contribution in [3.05, 3.63) is 65.2 Å². The van der Waals surface area contributed by atoms with Crippen LogP contribution in [0.25, 0.3) is 0 Å². The van der Waals surface area contributed by atoms with Crippen molar-refractivity contribution in [2.45, 2.75) is 64.5 Å². The second-order valence-corrected chi connectivity index (χ2v) is 10.8. The SMILES string of the molecule is COC(=O)c1cccc(C)c1NC(=O)C[N+]1(Cc2ccccc2)CCCC(C(=O)NC2CCCCC2)C1. The van der Waals surface area contributed by atoms with Crippen LogP contribution in [0.15, 0.2) is 48.5 Å². The van der Waals surface area contributed by atoms with Crippen LogP contribution in [0.5, 0.6) is 0 Å². The molecule has 0 radical (unpaired) electrons. The van der Waals surface area contributed by atoms with Crippen LogP contribution in [-0.4, -0.2) is 55.1 Å². The first-order valence-electron chi connectivity index (χ1n) is 13.6. The average molecular weight is 507 g/mol. The van der Waals surface area contributed by atoms with Crippen LogP contribution < -0.4 is 10.6 Å². The van der Waals surface area contributed by atoms with Crippen LogP contribution in [0.3, 0.4) is 0 Å². The van der Waals surface area contributed by atoms with Gasteiger partial charge < -0.3 is 19.9 Å². The van der Waals surface area contributed by atoms with Gasteiger partial charge in [-0.25, -0.2) is 4.79 Å². The molecule has 2 fully saturated rings. The highest BCUT2D eigenvalue weighted by Crippen LogP contribution is 2.29. The number of anilines is 1. The number of benzene rings is 2. The van der Waals surface area contributed by atoms with E-state index in [1.807, 2.05) is 31.2 Å². The summed E-state index contributed by atoms with van der Waals surface area (Å²) in [7, 11) is 1.34. The molecule has 1 aliphatic carbocycles. The number of quaternary nitrogens is 1. The number of nitrogens with zero attached hydrogens (tertiary/aromatic N) is 1. The predicted molar refractivity (Wildman–Crippen MR) is 144 cm³/mol. The van der Waals surface area contributed by atoms with Gasteiger partial charge in [-0.3, -0.25) is 9.59 Å². The second kappa shape index (κ2) is 12.4. The summed E-state index contributed by atoms with van der Waals surface area (Å²) in [5.74, 6) is -0.626. The summed E-state index contributed by atoms with van der Waals surface area (Å²) >= 11 is 0. The van der Waals surface area contributed by atoms with E-state index in [1.165, 1.54) is 26.4 Å². The van der Waals surface area contributed by atoms with Crippen molar-refractivity contribution < 1.29 is 23.6 Å². The number of hydrogen-bond acceptors (Lipinski definition) is 4. The van der Waals surface area contributed by atoms with Gasteiger partial charge in [-0.2, -0.15) is 0 Å². The molecular formula is C30H40N3O4+. The monoisotopic (exact) mass is 506 g/mol. The van der Waals surface area contributed by atoms with E-state index in [1.54, 1.807) is 12.1 Å². The van der Waals surface area contributed by atoms with E-state index in [0.717, 1.165) is 43.4 Å². The van der Waals surface area contributed by atoms with Crippen molar-refractivity contribution in [1.82, 2.24) is 5.32 Å². The molecule has 2 aromatic rings. The highest BCUT2D eigenvalue weighted by Gasteiger charge is 2.40. The number of hydrogen-bond donors (Lipinski definition) is 2. The second-order valence-electron chi connectivity index (χ2n) is 10.8. The Labute approximate surface area is 220 Å².